The number of nitrogens with zero attached hydrogens (tertiary/aromatic N) is 2. The number of rotatable bonds is 12. The predicted octanol–water partition coefficient (Wildman–Crippen LogP) is 4.91. The predicted molar refractivity (Wildman–Crippen MR) is 159 cm³/mol. The number of unbranched alkanes of at least 4 members (excludes halogenated alkanes) is 2. The largest absolute Gasteiger partial charge is 0.465 e. The summed E-state index contributed by atoms with van der Waals surface area (Å²) in [7, 11) is 0. The molecular weight excluding hydrogens is 604 g/mol. The highest BCUT2D eigenvalue weighted by atomic mass is 79.9. The number of aliphatic hydroxyl groups is 1. The van der Waals surface area contributed by atoms with E-state index in [0.717, 1.165) is 18.4 Å². The van der Waals surface area contributed by atoms with Gasteiger partial charge in [-0.3, -0.25) is 14.4 Å². The van der Waals surface area contributed by atoms with Gasteiger partial charge in [-0.1, -0.05) is 51.8 Å². The topological polar surface area (TPSA) is 87.2 Å². The molecule has 3 aliphatic rings. The number of allylic oxidation sites excluding steroid dienone is 1. The number of alkyl halides is 1. The van der Waals surface area contributed by atoms with Crippen LogP contribution in [0.15, 0.2) is 43.5 Å². The molecule has 3 fully saturated rings. The third kappa shape index (κ3) is 5.20. The summed E-state index contributed by atoms with van der Waals surface area (Å²) in [6.45, 7) is 11.3. The van der Waals surface area contributed by atoms with Crippen LogP contribution in [0.1, 0.15) is 38.2 Å². The first-order chi connectivity index (χ1) is 18.6. The maximum atomic E-state index is 14.6. The van der Waals surface area contributed by atoms with Gasteiger partial charge in [0.2, 0.25) is 5.91 Å². The van der Waals surface area contributed by atoms with Crippen LogP contribution in [0.25, 0.3) is 0 Å². The zero-order valence-corrected chi connectivity index (χ0v) is 25.5. The summed E-state index contributed by atoms with van der Waals surface area (Å²) >= 11 is 11.9. The van der Waals surface area contributed by atoms with Gasteiger partial charge in [-0.2, -0.15) is 0 Å². The third-order valence-electron chi connectivity index (χ3n) is 8.06. The van der Waals surface area contributed by atoms with Crippen molar-refractivity contribution >= 4 is 62.8 Å². The molecule has 1 aromatic rings. The lowest BCUT2D eigenvalue weighted by Gasteiger charge is -2.39. The van der Waals surface area contributed by atoms with Gasteiger partial charge in [0.05, 0.1) is 46.5 Å². The standard InChI is InChI=1S/C29H36BrClN2O5S/c1-5-7-8-9-14-38-28(37)21-22-26(35)33(18(4)16-34)25(29(22)15-19(30)24(21)39-29)27(36)32(13-6-2)23-17(3)11-10-12-20(23)31/h5-6,10-12,18-19,21-22,24-25,34H,1-2,7-9,13-16H2,3-4H3/t18-,19?,21-,22+,24-,25?,29?/m1/s1. The Morgan fingerprint density at radius 2 is 2.10 bits per heavy atom. The monoisotopic (exact) mass is 638 g/mol. The van der Waals surface area contributed by atoms with Gasteiger partial charge in [0.25, 0.3) is 5.91 Å². The van der Waals surface area contributed by atoms with E-state index in [0.29, 0.717) is 23.6 Å². The zero-order valence-electron chi connectivity index (χ0n) is 22.4. The smallest absolute Gasteiger partial charge is 0.310 e. The lowest BCUT2D eigenvalue weighted by atomic mass is 9.71. The first kappa shape index (κ1) is 30.2. The first-order valence-electron chi connectivity index (χ1n) is 13.3. The van der Waals surface area contributed by atoms with Crippen LogP contribution >= 0.6 is 39.3 Å². The maximum Gasteiger partial charge on any atom is 0.310 e. The van der Waals surface area contributed by atoms with E-state index >= 15 is 0 Å². The number of anilines is 1. The third-order valence-corrected chi connectivity index (χ3v) is 11.6. The molecule has 0 aliphatic carbocycles. The number of likely N-dealkylation sites (tertiary alicyclic amines) is 1. The van der Waals surface area contributed by atoms with Crippen LogP contribution in [0.5, 0.6) is 0 Å². The quantitative estimate of drug-likeness (QED) is 0.151. The Kier molecular flexibility index (Phi) is 9.56. The molecule has 3 heterocycles. The van der Waals surface area contributed by atoms with Crippen molar-refractivity contribution in [3.63, 3.8) is 0 Å². The van der Waals surface area contributed by atoms with E-state index in [-0.39, 0.29) is 41.6 Å². The number of thioether (sulfide) groups is 1. The molecule has 7 atom stereocenters. The summed E-state index contributed by atoms with van der Waals surface area (Å²) in [6, 6.07) is 3.92. The van der Waals surface area contributed by atoms with Gasteiger partial charge in [0.1, 0.15) is 6.04 Å². The molecule has 0 saturated carbocycles. The molecule has 4 rings (SSSR count). The number of halogens is 2. The number of hydrogen-bond acceptors (Lipinski definition) is 6. The van der Waals surface area contributed by atoms with Crippen LogP contribution in [0.4, 0.5) is 5.69 Å². The van der Waals surface area contributed by atoms with Crippen molar-refractivity contribution in [1.82, 2.24) is 4.90 Å². The minimum absolute atomic E-state index is 0.0700. The van der Waals surface area contributed by atoms with Crippen molar-refractivity contribution in [3.8, 4) is 0 Å². The van der Waals surface area contributed by atoms with Gasteiger partial charge >= 0.3 is 5.97 Å². The molecule has 1 aromatic carbocycles. The summed E-state index contributed by atoms with van der Waals surface area (Å²) < 4.78 is 4.83. The van der Waals surface area contributed by atoms with Gasteiger partial charge in [-0.25, -0.2) is 0 Å². The fraction of sp³-hybridized carbons (Fsp3) is 0.552. The number of amides is 2. The fourth-order valence-corrected chi connectivity index (χ4v) is 10.3. The van der Waals surface area contributed by atoms with Gasteiger partial charge in [-0.05, 0) is 51.2 Å². The van der Waals surface area contributed by atoms with Crippen molar-refractivity contribution in [2.45, 2.75) is 66.4 Å². The second-order valence-corrected chi connectivity index (χ2v) is 13.7. The van der Waals surface area contributed by atoms with E-state index in [4.69, 9.17) is 16.3 Å². The Labute approximate surface area is 248 Å². The van der Waals surface area contributed by atoms with Crippen molar-refractivity contribution in [2.75, 3.05) is 24.7 Å². The number of hydrogen-bond donors (Lipinski definition) is 1. The molecule has 2 amide bonds. The number of para-hydroxylation sites is 1. The molecule has 0 aromatic heterocycles. The number of fused-ring (bicyclic) bond motifs is 1. The number of benzene rings is 1. The molecule has 212 valence electrons. The molecule has 3 aliphatic heterocycles. The number of carbonyl (C=O) groups excluding carboxylic acids is 3. The van der Waals surface area contributed by atoms with E-state index in [1.807, 2.05) is 25.1 Å². The highest BCUT2D eigenvalue weighted by Crippen LogP contribution is 2.68. The van der Waals surface area contributed by atoms with E-state index in [1.54, 1.807) is 35.7 Å². The van der Waals surface area contributed by atoms with Crippen LogP contribution in [-0.2, 0) is 19.1 Å². The van der Waals surface area contributed by atoms with Crippen molar-refractivity contribution < 1.29 is 24.2 Å². The number of ether oxygens (including phenoxy) is 1. The lowest BCUT2D eigenvalue weighted by Crippen LogP contribution is -2.57. The normalized spacial score (nSPS) is 29.7. The molecule has 0 radical (unpaired) electrons. The van der Waals surface area contributed by atoms with E-state index in [2.05, 4.69) is 29.1 Å². The summed E-state index contributed by atoms with van der Waals surface area (Å²) in [5.41, 5.74) is 1.38. The summed E-state index contributed by atoms with van der Waals surface area (Å²) in [4.78, 5) is 45.2. The molecule has 1 N–H and O–H groups in total. The second-order valence-electron chi connectivity index (χ2n) is 10.5. The van der Waals surface area contributed by atoms with Crippen molar-refractivity contribution in [2.24, 2.45) is 11.8 Å². The van der Waals surface area contributed by atoms with Gasteiger partial charge < -0.3 is 19.6 Å². The Bertz CT molecular complexity index is 1130. The Morgan fingerprint density at radius 1 is 1.36 bits per heavy atom. The van der Waals surface area contributed by atoms with Crippen LogP contribution in [0.2, 0.25) is 5.02 Å². The van der Waals surface area contributed by atoms with Crippen LogP contribution in [0.3, 0.4) is 0 Å². The SMILES string of the molecule is C=CCCCCOC(=O)[C@H]1[C@@H]2SC3(CC2Br)C(C(=O)N(CC=C)c2c(C)cccc2Cl)N([C@H](C)CO)C(=O)[C@H]13. The molecule has 7 nitrogen and oxygen atoms in total. The Morgan fingerprint density at radius 3 is 2.74 bits per heavy atom. The Hall–Kier alpha value is -1.81. The minimum atomic E-state index is -0.895. The van der Waals surface area contributed by atoms with Crippen LogP contribution < -0.4 is 4.90 Å². The van der Waals surface area contributed by atoms with Crippen LogP contribution in [-0.4, -0.2) is 74.5 Å². The average Bonchev–Trinajstić information content (AvgIpc) is 3.50. The number of aliphatic hydroxyl groups excluding tert-OH is 1. The fourth-order valence-electron chi connectivity index (χ4n) is 6.37. The van der Waals surface area contributed by atoms with Gasteiger partial charge in [0, 0.05) is 16.6 Å². The van der Waals surface area contributed by atoms with Gasteiger partial charge in [0.15, 0.2) is 0 Å². The number of aryl methyl sites for hydroxylation is 1. The number of esters is 1. The molecule has 3 unspecified atom stereocenters. The zero-order chi connectivity index (χ0) is 28.5. The summed E-state index contributed by atoms with van der Waals surface area (Å²) in [5, 5.41) is 10.4. The first-order valence-corrected chi connectivity index (χ1v) is 15.5. The molecule has 1 spiro atoms. The van der Waals surface area contributed by atoms with E-state index in [9.17, 15) is 19.5 Å². The maximum absolute atomic E-state index is 14.6. The minimum Gasteiger partial charge on any atom is -0.465 e. The van der Waals surface area contributed by atoms with Crippen molar-refractivity contribution in [1.29, 1.82) is 0 Å². The van der Waals surface area contributed by atoms with E-state index in [1.165, 1.54) is 4.90 Å². The van der Waals surface area contributed by atoms with E-state index < -0.39 is 34.6 Å². The second kappa shape index (κ2) is 12.4. The summed E-state index contributed by atoms with van der Waals surface area (Å²) in [5.74, 6) is -2.38. The highest BCUT2D eigenvalue weighted by molar-refractivity contribution is 9.09. The highest BCUT2D eigenvalue weighted by Gasteiger charge is 2.76. The van der Waals surface area contributed by atoms with Gasteiger partial charge in [-0.15, -0.1) is 24.9 Å². The lowest BCUT2D eigenvalue weighted by molar-refractivity contribution is -0.154. The summed E-state index contributed by atoms with van der Waals surface area (Å²) in [6.07, 6.45) is 6.43. The molecule has 10 heteroatoms. The Balaban J connectivity index is 1.74. The molecule has 2 bridgehead atoms. The van der Waals surface area contributed by atoms with Crippen LogP contribution in [0, 0.1) is 18.8 Å². The molecule has 39 heavy (non-hydrogen) atoms. The average molecular weight is 640 g/mol. The molecular formula is C29H36BrClN2O5S. The number of carbonyl (C=O) groups is 3. The van der Waals surface area contributed by atoms with Crippen molar-refractivity contribution in [3.05, 3.63) is 54.1 Å². The molecule has 3 saturated heterocycles.